The molecule has 26 heavy (non-hydrogen) atoms. The summed E-state index contributed by atoms with van der Waals surface area (Å²) in [6, 6.07) is 3.74. The standard InChI is InChI=1S/C18H18F5N3/c1-4-16(20)14(10(2)19)8-25-12-5-6-13(17(21)7-12)15(11(3)24)9-26-18(22)23/h4-7,9,18,25H,1-2,8,24H2,3H3/b15-11+,16-14+,26-9+. The molecule has 3 nitrogen and oxygen atoms in total. The Balaban J connectivity index is 3.09. The second-order valence-electron chi connectivity index (χ2n) is 5.14. The van der Waals surface area contributed by atoms with Gasteiger partial charge in [0.25, 0.3) is 0 Å². The van der Waals surface area contributed by atoms with Crippen molar-refractivity contribution in [2.75, 3.05) is 11.9 Å². The molecule has 0 aliphatic heterocycles. The van der Waals surface area contributed by atoms with Crippen molar-refractivity contribution in [1.29, 1.82) is 0 Å². The number of rotatable bonds is 8. The summed E-state index contributed by atoms with van der Waals surface area (Å²) < 4.78 is 65.5. The molecule has 1 rings (SSSR count). The normalized spacial score (nSPS) is 13.5. The second kappa shape index (κ2) is 9.55. The van der Waals surface area contributed by atoms with Crippen LogP contribution < -0.4 is 11.1 Å². The minimum absolute atomic E-state index is 0.00442. The molecule has 1 aromatic carbocycles. The van der Waals surface area contributed by atoms with E-state index in [9.17, 15) is 22.0 Å². The first-order chi connectivity index (χ1) is 12.2. The highest BCUT2D eigenvalue weighted by molar-refractivity contribution is 6.10. The molecule has 0 aliphatic carbocycles. The molecule has 0 radical (unpaired) electrons. The van der Waals surface area contributed by atoms with Crippen LogP contribution in [0.5, 0.6) is 0 Å². The van der Waals surface area contributed by atoms with Crippen LogP contribution in [0.3, 0.4) is 0 Å². The highest BCUT2D eigenvalue weighted by Gasteiger charge is 2.12. The van der Waals surface area contributed by atoms with E-state index in [1.165, 1.54) is 19.1 Å². The summed E-state index contributed by atoms with van der Waals surface area (Å²) in [5, 5.41) is 2.64. The van der Waals surface area contributed by atoms with Crippen LogP contribution in [0.2, 0.25) is 0 Å². The van der Waals surface area contributed by atoms with Gasteiger partial charge in [-0.15, -0.1) is 0 Å². The van der Waals surface area contributed by atoms with Gasteiger partial charge in [0.2, 0.25) is 0 Å². The number of hydrogen-bond acceptors (Lipinski definition) is 3. The van der Waals surface area contributed by atoms with Crippen molar-refractivity contribution in [2.45, 2.75) is 13.5 Å². The molecular weight excluding hydrogens is 353 g/mol. The fourth-order valence-corrected chi connectivity index (χ4v) is 1.98. The van der Waals surface area contributed by atoms with Crippen LogP contribution in [0, 0.1) is 5.82 Å². The van der Waals surface area contributed by atoms with Gasteiger partial charge in [0.1, 0.15) is 17.5 Å². The molecule has 0 atom stereocenters. The first kappa shape index (κ1) is 21.1. The first-order valence-corrected chi connectivity index (χ1v) is 7.34. The van der Waals surface area contributed by atoms with Crippen LogP contribution in [0.1, 0.15) is 12.5 Å². The van der Waals surface area contributed by atoms with Gasteiger partial charge in [-0.2, -0.15) is 8.78 Å². The zero-order chi connectivity index (χ0) is 19.9. The average Bonchev–Trinajstić information content (AvgIpc) is 2.55. The molecule has 0 bridgehead atoms. The maximum atomic E-state index is 14.3. The lowest BCUT2D eigenvalue weighted by Crippen LogP contribution is -2.08. The molecule has 0 spiro atoms. The van der Waals surface area contributed by atoms with Crippen molar-refractivity contribution < 1.29 is 22.0 Å². The Kier molecular flexibility index (Phi) is 7.77. The Morgan fingerprint density at radius 3 is 2.46 bits per heavy atom. The molecule has 0 saturated carbocycles. The Bertz CT molecular complexity index is 775. The molecule has 0 heterocycles. The van der Waals surface area contributed by atoms with E-state index in [0.717, 1.165) is 18.4 Å². The van der Waals surface area contributed by atoms with E-state index in [4.69, 9.17) is 5.73 Å². The number of anilines is 1. The van der Waals surface area contributed by atoms with Crippen molar-refractivity contribution in [3.8, 4) is 0 Å². The summed E-state index contributed by atoms with van der Waals surface area (Å²) in [6.07, 6.45) is 1.62. The number of nitrogens with one attached hydrogen (secondary N) is 1. The van der Waals surface area contributed by atoms with E-state index in [1.807, 2.05) is 0 Å². The minimum atomic E-state index is -2.95. The Labute approximate surface area is 148 Å². The summed E-state index contributed by atoms with van der Waals surface area (Å²) >= 11 is 0. The number of alkyl halides is 2. The van der Waals surface area contributed by atoms with E-state index in [0.29, 0.717) is 0 Å². The SMILES string of the molecule is C=C/C(F)=C(/CNc1ccc(C(/C=N/C(F)F)=C(\C)N)c(F)c1)C(=C)F. The Hall–Kier alpha value is -2.90. The molecule has 0 saturated heterocycles. The first-order valence-electron chi connectivity index (χ1n) is 7.34. The Morgan fingerprint density at radius 2 is 2.00 bits per heavy atom. The molecular formula is C18H18F5N3. The molecule has 0 fully saturated rings. The van der Waals surface area contributed by atoms with Crippen molar-refractivity contribution in [3.05, 3.63) is 71.7 Å². The number of aliphatic imine (C=N–C) groups is 1. The zero-order valence-electron chi connectivity index (χ0n) is 14.0. The summed E-state index contributed by atoms with van der Waals surface area (Å²) in [5.41, 5.74) is 5.51. The molecule has 140 valence electrons. The summed E-state index contributed by atoms with van der Waals surface area (Å²) in [7, 11) is 0. The van der Waals surface area contributed by atoms with Crippen LogP contribution in [-0.2, 0) is 0 Å². The van der Waals surface area contributed by atoms with Gasteiger partial charge in [-0.05, 0) is 31.2 Å². The lowest BCUT2D eigenvalue weighted by Gasteiger charge is -2.12. The number of halogens is 5. The van der Waals surface area contributed by atoms with Gasteiger partial charge in [0.15, 0.2) is 0 Å². The number of benzene rings is 1. The molecule has 8 heteroatoms. The largest absolute Gasteiger partial charge is 0.402 e. The quantitative estimate of drug-likeness (QED) is 0.289. The predicted molar refractivity (Wildman–Crippen MR) is 94.7 cm³/mol. The lowest BCUT2D eigenvalue weighted by molar-refractivity contribution is 0.161. The maximum absolute atomic E-state index is 14.3. The predicted octanol–water partition coefficient (Wildman–Crippen LogP) is 5.11. The summed E-state index contributed by atoms with van der Waals surface area (Å²) in [5.74, 6) is -2.65. The number of allylic oxidation sites excluding steroid dienone is 4. The van der Waals surface area contributed by atoms with E-state index in [1.54, 1.807) is 0 Å². The highest BCUT2D eigenvalue weighted by atomic mass is 19.3. The third-order valence-corrected chi connectivity index (χ3v) is 3.26. The average molecular weight is 371 g/mol. The number of nitrogens with zero attached hydrogens (tertiary/aromatic N) is 1. The van der Waals surface area contributed by atoms with Gasteiger partial charge in [0, 0.05) is 40.9 Å². The maximum Gasteiger partial charge on any atom is 0.331 e. The molecule has 0 aliphatic rings. The second-order valence-corrected chi connectivity index (χ2v) is 5.14. The summed E-state index contributed by atoms with van der Waals surface area (Å²) in [4.78, 5) is 2.91. The van der Waals surface area contributed by atoms with E-state index >= 15 is 0 Å². The van der Waals surface area contributed by atoms with Crippen molar-refractivity contribution >= 4 is 17.5 Å². The van der Waals surface area contributed by atoms with Crippen molar-refractivity contribution in [1.82, 2.24) is 0 Å². The van der Waals surface area contributed by atoms with Crippen LogP contribution in [0.15, 0.2) is 65.3 Å². The fraction of sp³-hybridized carbons (Fsp3) is 0.167. The third-order valence-electron chi connectivity index (χ3n) is 3.26. The van der Waals surface area contributed by atoms with E-state index in [2.05, 4.69) is 23.5 Å². The third kappa shape index (κ3) is 5.87. The molecule has 0 unspecified atom stereocenters. The number of hydrogen-bond donors (Lipinski definition) is 2. The zero-order valence-corrected chi connectivity index (χ0v) is 14.0. The fourth-order valence-electron chi connectivity index (χ4n) is 1.98. The van der Waals surface area contributed by atoms with Crippen LogP contribution in [0.4, 0.5) is 27.6 Å². The molecule has 1 aromatic rings. The van der Waals surface area contributed by atoms with Crippen molar-refractivity contribution in [2.24, 2.45) is 10.7 Å². The van der Waals surface area contributed by atoms with Gasteiger partial charge >= 0.3 is 6.55 Å². The lowest BCUT2D eigenvalue weighted by atomic mass is 10.0. The Morgan fingerprint density at radius 1 is 1.35 bits per heavy atom. The smallest absolute Gasteiger partial charge is 0.331 e. The van der Waals surface area contributed by atoms with Gasteiger partial charge in [-0.1, -0.05) is 13.2 Å². The van der Waals surface area contributed by atoms with E-state index < -0.39 is 24.0 Å². The topological polar surface area (TPSA) is 50.4 Å². The van der Waals surface area contributed by atoms with Crippen LogP contribution in [-0.4, -0.2) is 19.3 Å². The minimum Gasteiger partial charge on any atom is -0.402 e. The number of nitrogens with two attached hydrogens (primary N) is 1. The molecule has 0 aromatic heterocycles. The van der Waals surface area contributed by atoms with Gasteiger partial charge < -0.3 is 11.1 Å². The van der Waals surface area contributed by atoms with Crippen LogP contribution in [0.25, 0.3) is 5.57 Å². The highest BCUT2D eigenvalue weighted by Crippen LogP contribution is 2.24. The monoisotopic (exact) mass is 371 g/mol. The summed E-state index contributed by atoms with van der Waals surface area (Å²) in [6.45, 7) is 4.39. The van der Waals surface area contributed by atoms with Crippen LogP contribution >= 0.6 is 0 Å². The van der Waals surface area contributed by atoms with Gasteiger partial charge in [-0.25, -0.2) is 18.2 Å². The van der Waals surface area contributed by atoms with Gasteiger partial charge in [0.05, 0.1) is 0 Å². The van der Waals surface area contributed by atoms with Gasteiger partial charge in [-0.3, -0.25) is 0 Å². The van der Waals surface area contributed by atoms with E-state index in [-0.39, 0.29) is 34.6 Å². The molecule has 0 amide bonds. The molecule has 3 N–H and O–H groups in total. The van der Waals surface area contributed by atoms with Crippen molar-refractivity contribution in [3.63, 3.8) is 0 Å².